The molecule has 0 bridgehead atoms. The standard InChI is InChI=1S/C23H26N2O4/c1-23(2,3)17-10-8-15(9-11-17)18-12-19(18)22(28)25-24-13-16-6-4-5-7-20(16)29-14-21(26)27/h4-11,13,18-19H,12,14H2,1-3H3,(H,25,28)(H,26,27)/t18-,19+/m1/s1. The molecule has 1 saturated carbocycles. The van der Waals surface area contributed by atoms with Gasteiger partial charge >= 0.3 is 5.97 Å². The molecule has 2 aromatic carbocycles. The fourth-order valence-electron chi connectivity index (χ4n) is 3.19. The van der Waals surface area contributed by atoms with Crippen molar-refractivity contribution in [2.75, 3.05) is 6.61 Å². The van der Waals surface area contributed by atoms with Crippen molar-refractivity contribution in [3.8, 4) is 5.75 Å². The first kappa shape index (κ1) is 20.6. The fraction of sp³-hybridized carbons (Fsp3) is 0.348. The number of nitrogens with one attached hydrogen (secondary N) is 1. The summed E-state index contributed by atoms with van der Waals surface area (Å²) in [6, 6.07) is 15.4. The van der Waals surface area contributed by atoms with E-state index >= 15 is 0 Å². The number of para-hydroxylation sites is 1. The second kappa shape index (κ2) is 8.47. The van der Waals surface area contributed by atoms with Crippen LogP contribution in [0.15, 0.2) is 53.6 Å². The van der Waals surface area contributed by atoms with Crippen molar-refractivity contribution in [2.45, 2.75) is 38.5 Å². The van der Waals surface area contributed by atoms with Crippen molar-refractivity contribution in [3.63, 3.8) is 0 Å². The van der Waals surface area contributed by atoms with E-state index < -0.39 is 12.6 Å². The van der Waals surface area contributed by atoms with E-state index in [1.165, 1.54) is 17.3 Å². The molecule has 6 heteroatoms. The molecule has 0 radical (unpaired) electrons. The molecular weight excluding hydrogens is 368 g/mol. The van der Waals surface area contributed by atoms with E-state index in [9.17, 15) is 9.59 Å². The van der Waals surface area contributed by atoms with E-state index in [-0.39, 0.29) is 23.2 Å². The van der Waals surface area contributed by atoms with Crippen LogP contribution in [0.5, 0.6) is 5.75 Å². The van der Waals surface area contributed by atoms with E-state index in [0.29, 0.717) is 11.3 Å². The van der Waals surface area contributed by atoms with E-state index in [0.717, 1.165) is 6.42 Å². The van der Waals surface area contributed by atoms with Gasteiger partial charge in [-0.05, 0) is 41.0 Å². The number of carboxylic acids is 1. The van der Waals surface area contributed by atoms with Crippen LogP contribution in [0.2, 0.25) is 0 Å². The van der Waals surface area contributed by atoms with Gasteiger partial charge in [0.15, 0.2) is 6.61 Å². The first-order chi connectivity index (χ1) is 13.8. The normalized spacial score (nSPS) is 18.4. The minimum Gasteiger partial charge on any atom is -0.481 e. The number of ether oxygens (including phenoxy) is 1. The third kappa shape index (κ3) is 5.44. The van der Waals surface area contributed by atoms with Crippen LogP contribution in [0.1, 0.15) is 49.8 Å². The fourth-order valence-corrected chi connectivity index (χ4v) is 3.19. The van der Waals surface area contributed by atoms with Gasteiger partial charge < -0.3 is 9.84 Å². The summed E-state index contributed by atoms with van der Waals surface area (Å²) in [5.41, 5.74) is 5.73. The number of carbonyl (C=O) groups excluding carboxylic acids is 1. The van der Waals surface area contributed by atoms with Gasteiger partial charge in [0.2, 0.25) is 5.91 Å². The number of aliphatic carboxylic acids is 1. The summed E-state index contributed by atoms with van der Waals surface area (Å²) in [7, 11) is 0. The predicted octanol–water partition coefficient (Wildman–Crippen LogP) is 3.70. The highest BCUT2D eigenvalue weighted by Gasteiger charge is 2.44. The Bertz CT molecular complexity index is 913. The first-order valence-electron chi connectivity index (χ1n) is 9.62. The Morgan fingerprint density at radius 2 is 1.86 bits per heavy atom. The number of carbonyl (C=O) groups is 2. The minimum absolute atomic E-state index is 0.0776. The van der Waals surface area contributed by atoms with Crippen molar-refractivity contribution in [3.05, 3.63) is 65.2 Å². The molecule has 0 unspecified atom stereocenters. The molecule has 152 valence electrons. The van der Waals surface area contributed by atoms with Gasteiger partial charge in [0.25, 0.3) is 0 Å². The van der Waals surface area contributed by atoms with Gasteiger partial charge in [0.05, 0.1) is 6.21 Å². The van der Waals surface area contributed by atoms with Gasteiger partial charge in [-0.1, -0.05) is 57.2 Å². The van der Waals surface area contributed by atoms with Crippen LogP contribution in [0.25, 0.3) is 0 Å². The molecule has 2 N–H and O–H groups in total. The number of hydrogen-bond donors (Lipinski definition) is 2. The van der Waals surface area contributed by atoms with Crippen molar-refractivity contribution in [2.24, 2.45) is 11.0 Å². The molecule has 0 heterocycles. The summed E-state index contributed by atoms with van der Waals surface area (Å²) in [4.78, 5) is 23.0. The maximum absolute atomic E-state index is 12.4. The number of hydrazone groups is 1. The Hall–Kier alpha value is -3.15. The Morgan fingerprint density at radius 1 is 1.17 bits per heavy atom. The Morgan fingerprint density at radius 3 is 2.52 bits per heavy atom. The van der Waals surface area contributed by atoms with Crippen molar-refractivity contribution in [1.82, 2.24) is 5.43 Å². The highest BCUT2D eigenvalue weighted by molar-refractivity contribution is 5.87. The van der Waals surface area contributed by atoms with Gasteiger partial charge in [0, 0.05) is 11.5 Å². The molecule has 0 spiro atoms. The summed E-state index contributed by atoms with van der Waals surface area (Å²) in [6.07, 6.45) is 2.28. The molecule has 3 rings (SSSR count). The van der Waals surface area contributed by atoms with E-state index in [2.05, 4.69) is 55.6 Å². The summed E-state index contributed by atoms with van der Waals surface area (Å²) in [5, 5.41) is 12.8. The van der Waals surface area contributed by atoms with Gasteiger partial charge in [-0.3, -0.25) is 4.79 Å². The van der Waals surface area contributed by atoms with Crippen LogP contribution in [-0.4, -0.2) is 29.8 Å². The SMILES string of the molecule is CC(C)(C)c1ccc([C@H]2C[C@@H]2C(=O)NN=Cc2ccccc2OCC(=O)O)cc1. The topological polar surface area (TPSA) is 88.0 Å². The maximum Gasteiger partial charge on any atom is 0.341 e. The number of hydrogen-bond acceptors (Lipinski definition) is 4. The summed E-state index contributed by atoms with van der Waals surface area (Å²) in [6.45, 7) is 6.10. The van der Waals surface area contributed by atoms with Crippen LogP contribution in [0.4, 0.5) is 0 Å². The van der Waals surface area contributed by atoms with Gasteiger partial charge in [0.1, 0.15) is 5.75 Å². The number of carboxylic acid groups (broad SMARTS) is 1. The van der Waals surface area contributed by atoms with E-state index in [1.807, 2.05) is 0 Å². The number of benzene rings is 2. The Balaban J connectivity index is 1.55. The molecule has 29 heavy (non-hydrogen) atoms. The van der Waals surface area contributed by atoms with Crippen molar-refractivity contribution >= 4 is 18.1 Å². The summed E-state index contributed by atoms with van der Waals surface area (Å²) in [5.74, 6) is -0.622. The van der Waals surface area contributed by atoms with Crippen LogP contribution >= 0.6 is 0 Å². The van der Waals surface area contributed by atoms with E-state index in [1.54, 1.807) is 24.3 Å². The lowest BCUT2D eigenvalue weighted by atomic mass is 9.86. The predicted molar refractivity (Wildman–Crippen MR) is 111 cm³/mol. The average molecular weight is 394 g/mol. The summed E-state index contributed by atoms with van der Waals surface area (Å²) >= 11 is 0. The highest BCUT2D eigenvalue weighted by Crippen LogP contribution is 2.47. The number of rotatable bonds is 7. The summed E-state index contributed by atoms with van der Waals surface area (Å²) < 4.78 is 5.22. The first-order valence-corrected chi connectivity index (χ1v) is 9.62. The third-order valence-corrected chi connectivity index (χ3v) is 4.98. The largest absolute Gasteiger partial charge is 0.481 e. The number of amides is 1. The molecule has 0 aliphatic heterocycles. The molecule has 2 atom stereocenters. The van der Waals surface area contributed by atoms with Crippen molar-refractivity contribution < 1.29 is 19.4 Å². The van der Waals surface area contributed by atoms with Crippen LogP contribution in [-0.2, 0) is 15.0 Å². The second-order valence-corrected chi connectivity index (χ2v) is 8.28. The van der Waals surface area contributed by atoms with Crippen LogP contribution in [0.3, 0.4) is 0 Å². The number of nitrogens with zero attached hydrogens (tertiary/aromatic N) is 1. The molecule has 0 aromatic heterocycles. The van der Waals surface area contributed by atoms with Crippen LogP contribution in [0, 0.1) is 5.92 Å². The molecule has 1 aliphatic rings. The monoisotopic (exact) mass is 394 g/mol. The maximum atomic E-state index is 12.4. The Kier molecular flexibility index (Phi) is 6.01. The molecule has 1 aliphatic carbocycles. The zero-order valence-electron chi connectivity index (χ0n) is 16.9. The lowest BCUT2D eigenvalue weighted by Crippen LogP contribution is -2.20. The zero-order chi connectivity index (χ0) is 21.0. The second-order valence-electron chi connectivity index (χ2n) is 8.28. The quantitative estimate of drug-likeness (QED) is 0.554. The zero-order valence-corrected chi connectivity index (χ0v) is 16.9. The molecular formula is C23H26N2O4. The molecule has 2 aromatic rings. The third-order valence-electron chi connectivity index (χ3n) is 4.98. The van der Waals surface area contributed by atoms with Gasteiger partial charge in [-0.2, -0.15) is 5.10 Å². The molecule has 1 fully saturated rings. The van der Waals surface area contributed by atoms with Gasteiger partial charge in [-0.15, -0.1) is 0 Å². The minimum atomic E-state index is -1.06. The average Bonchev–Trinajstić information content (AvgIpc) is 3.47. The Labute approximate surface area is 170 Å². The lowest BCUT2D eigenvalue weighted by Gasteiger charge is -2.19. The lowest BCUT2D eigenvalue weighted by molar-refractivity contribution is -0.139. The van der Waals surface area contributed by atoms with Crippen LogP contribution < -0.4 is 10.2 Å². The smallest absolute Gasteiger partial charge is 0.341 e. The molecule has 0 saturated heterocycles. The van der Waals surface area contributed by atoms with Crippen molar-refractivity contribution in [1.29, 1.82) is 0 Å². The molecule has 1 amide bonds. The molecule has 6 nitrogen and oxygen atoms in total. The van der Waals surface area contributed by atoms with E-state index in [4.69, 9.17) is 9.84 Å². The highest BCUT2D eigenvalue weighted by atomic mass is 16.5. The van der Waals surface area contributed by atoms with Gasteiger partial charge in [-0.25, -0.2) is 10.2 Å².